The van der Waals surface area contributed by atoms with E-state index < -0.39 is 0 Å². The highest BCUT2D eigenvalue weighted by Crippen LogP contribution is 2.58. The molecule has 0 radical (unpaired) electrons. The quantitative estimate of drug-likeness (QED) is 0.751. The predicted molar refractivity (Wildman–Crippen MR) is 60.5 cm³/mol. The third-order valence-electron chi connectivity index (χ3n) is 4.73. The molecule has 2 N–H and O–H groups in total. The zero-order chi connectivity index (χ0) is 10.9. The monoisotopic (exact) mass is 212 g/mol. The lowest BCUT2D eigenvalue weighted by molar-refractivity contribution is -0.0196. The van der Waals surface area contributed by atoms with Gasteiger partial charge in [0.25, 0.3) is 0 Å². The van der Waals surface area contributed by atoms with Crippen LogP contribution in [0.15, 0.2) is 0 Å². The second-order valence-electron chi connectivity index (χ2n) is 6.06. The van der Waals surface area contributed by atoms with Crippen LogP contribution in [-0.2, 0) is 0 Å². The van der Waals surface area contributed by atoms with E-state index in [4.69, 9.17) is 0 Å². The van der Waals surface area contributed by atoms with E-state index in [-0.39, 0.29) is 10.8 Å². The van der Waals surface area contributed by atoms with E-state index in [2.05, 4.69) is 6.92 Å². The molecule has 2 saturated carbocycles. The maximum Gasteiger partial charge on any atom is 0.0487 e. The van der Waals surface area contributed by atoms with E-state index in [1.165, 1.54) is 25.7 Å². The van der Waals surface area contributed by atoms with Crippen LogP contribution in [0.1, 0.15) is 51.9 Å². The zero-order valence-corrected chi connectivity index (χ0v) is 9.84. The summed E-state index contributed by atoms with van der Waals surface area (Å²) in [5, 5.41) is 19.2. The Hall–Kier alpha value is -0.0800. The molecule has 88 valence electrons. The van der Waals surface area contributed by atoms with Gasteiger partial charge in [-0.15, -0.1) is 0 Å². The Bertz CT molecular complexity index is 229. The highest BCUT2D eigenvalue weighted by molar-refractivity contribution is 5.01. The van der Waals surface area contributed by atoms with Gasteiger partial charge in [0.15, 0.2) is 0 Å². The summed E-state index contributed by atoms with van der Waals surface area (Å²) in [6.07, 6.45) is 8.17. The number of hydrogen-bond acceptors (Lipinski definition) is 2. The molecule has 2 nitrogen and oxygen atoms in total. The Morgan fingerprint density at radius 3 is 2.60 bits per heavy atom. The summed E-state index contributed by atoms with van der Waals surface area (Å²) in [4.78, 5) is 0. The largest absolute Gasteiger partial charge is 0.396 e. The number of aliphatic hydroxyl groups excluding tert-OH is 2. The van der Waals surface area contributed by atoms with Crippen molar-refractivity contribution in [2.45, 2.75) is 51.9 Å². The van der Waals surface area contributed by atoms with Gasteiger partial charge in [0.1, 0.15) is 0 Å². The summed E-state index contributed by atoms with van der Waals surface area (Å²) >= 11 is 0. The first-order valence-corrected chi connectivity index (χ1v) is 6.39. The van der Waals surface area contributed by atoms with Crippen LogP contribution in [0.2, 0.25) is 0 Å². The zero-order valence-electron chi connectivity index (χ0n) is 9.84. The smallest absolute Gasteiger partial charge is 0.0487 e. The minimum atomic E-state index is 0.136. The summed E-state index contributed by atoms with van der Waals surface area (Å²) in [5.74, 6) is 0.768. The molecule has 3 unspecified atom stereocenters. The Labute approximate surface area is 92.7 Å². The van der Waals surface area contributed by atoms with Gasteiger partial charge in [0.2, 0.25) is 0 Å². The van der Waals surface area contributed by atoms with Gasteiger partial charge in [-0.05, 0) is 55.3 Å². The van der Waals surface area contributed by atoms with Crippen molar-refractivity contribution in [1.82, 2.24) is 0 Å². The van der Waals surface area contributed by atoms with Crippen molar-refractivity contribution in [2.75, 3.05) is 13.2 Å². The fraction of sp³-hybridized carbons (Fsp3) is 1.00. The molecule has 0 saturated heterocycles. The molecule has 2 bridgehead atoms. The van der Waals surface area contributed by atoms with Gasteiger partial charge in [-0.3, -0.25) is 0 Å². The molecule has 0 aromatic carbocycles. The van der Waals surface area contributed by atoms with Crippen LogP contribution < -0.4 is 0 Å². The molecule has 0 aromatic rings. The van der Waals surface area contributed by atoms with Crippen LogP contribution in [0.25, 0.3) is 0 Å². The number of aliphatic hydroxyl groups is 2. The molecule has 2 aliphatic rings. The molecule has 0 amide bonds. The van der Waals surface area contributed by atoms with Crippen LogP contribution in [-0.4, -0.2) is 23.4 Å². The van der Waals surface area contributed by atoms with Crippen LogP contribution in [0, 0.1) is 16.7 Å². The standard InChI is InChI=1S/C13H24O2/c1-2-4-12(9-14)6-11-3-5-13(7-11,8-12)10-15/h11,14-15H,2-10H2,1H3. The topological polar surface area (TPSA) is 40.5 Å². The van der Waals surface area contributed by atoms with Gasteiger partial charge in [-0.2, -0.15) is 0 Å². The first-order valence-electron chi connectivity index (χ1n) is 6.39. The molecule has 0 heterocycles. The second-order valence-corrected chi connectivity index (χ2v) is 6.06. The Morgan fingerprint density at radius 1 is 1.20 bits per heavy atom. The Morgan fingerprint density at radius 2 is 2.00 bits per heavy atom. The highest BCUT2D eigenvalue weighted by Gasteiger charge is 2.50. The predicted octanol–water partition coefficient (Wildman–Crippen LogP) is 2.34. The maximum absolute atomic E-state index is 9.66. The van der Waals surface area contributed by atoms with E-state index in [1.54, 1.807) is 0 Å². The molecule has 2 aliphatic carbocycles. The van der Waals surface area contributed by atoms with E-state index in [0.717, 1.165) is 25.2 Å². The molecule has 2 fully saturated rings. The van der Waals surface area contributed by atoms with Gasteiger partial charge in [0, 0.05) is 13.2 Å². The molecular formula is C13H24O2. The summed E-state index contributed by atoms with van der Waals surface area (Å²) in [6, 6.07) is 0. The Kier molecular flexibility index (Phi) is 3.09. The number of fused-ring (bicyclic) bond motifs is 2. The average Bonchev–Trinajstić information content (AvgIpc) is 2.56. The van der Waals surface area contributed by atoms with Crippen molar-refractivity contribution >= 4 is 0 Å². The van der Waals surface area contributed by atoms with Crippen LogP contribution in [0.4, 0.5) is 0 Å². The molecule has 0 aromatic heterocycles. The highest BCUT2D eigenvalue weighted by atomic mass is 16.3. The summed E-state index contributed by atoms with van der Waals surface area (Å²) < 4.78 is 0. The first kappa shape index (κ1) is 11.4. The minimum Gasteiger partial charge on any atom is -0.396 e. The van der Waals surface area contributed by atoms with Crippen molar-refractivity contribution in [3.05, 3.63) is 0 Å². The van der Waals surface area contributed by atoms with Gasteiger partial charge < -0.3 is 10.2 Å². The second kappa shape index (κ2) is 4.06. The molecule has 0 aliphatic heterocycles. The van der Waals surface area contributed by atoms with Gasteiger partial charge >= 0.3 is 0 Å². The van der Waals surface area contributed by atoms with E-state index in [9.17, 15) is 10.2 Å². The number of rotatable bonds is 4. The van der Waals surface area contributed by atoms with Crippen LogP contribution in [0.5, 0.6) is 0 Å². The van der Waals surface area contributed by atoms with Gasteiger partial charge in [-0.25, -0.2) is 0 Å². The van der Waals surface area contributed by atoms with E-state index >= 15 is 0 Å². The summed E-state index contributed by atoms with van der Waals surface area (Å²) in [7, 11) is 0. The van der Waals surface area contributed by atoms with Crippen molar-refractivity contribution in [1.29, 1.82) is 0 Å². The lowest BCUT2D eigenvalue weighted by atomic mass is 9.61. The summed E-state index contributed by atoms with van der Waals surface area (Å²) in [6.45, 7) is 2.84. The van der Waals surface area contributed by atoms with Crippen molar-refractivity contribution in [3.8, 4) is 0 Å². The molecule has 2 heteroatoms. The number of hydrogen-bond donors (Lipinski definition) is 2. The first-order chi connectivity index (χ1) is 7.17. The molecule has 3 atom stereocenters. The van der Waals surface area contributed by atoms with Crippen LogP contribution >= 0.6 is 0 Å². The Balaban J connectivity index is 2.15. The minimum absolute atomic E-state index is 0.136. The molecular weight excluding hydrogens is 188 g/mol. The maximum atomic E-state index is 9.66. The van der Waals surface area contributed by atoms with Crippen molar-refractivity contribution in [3.63, 3.8) is 0 Å². The van der Waals surface area contributed by atoms with Crippen molar-refractivity contribution < 1.29 is 10.2 Å². The molecule has 15 heavy (non-hydrogen) atoms. The fourth-order valence-electron chi connectivity index (χ4n) is 4.26. The van der Waals surface area contributed by atoms with E-state index in [0.29, 0.717) is 13.2 Å². The average molecular weight is 212 g/mol. The summed E-state index contributed by atoms with van der Waals surface area (Å²) in [5.41, 5.74) is 0.303. The molecule has 2 rings (SSSR count). The molecule has 0 spiro atoms. The third-order valence-corrected chi connectivity index (χ3v) is 4.73. The normalized spacial score (nSPS) is 44.6. The fourth-order valence-corrected chi connectivity index (χ4v) is 4.26. The van der Waals surface area contributed by atoms with Gasteiger partial charge in [-0.1, -0.05) is 13.3 Å². The third kappa shape index (κ3) is 1.94. The van der Waals surface area contributed by atoms with Gasteiger partial charge in [0.05, 0.1) is 0 Å². The van der Waals surface area contributed by atoms with Crippen molar-refractivity contribution in [2.24, 2.45) is 16.7 Å². The van der Waals surface area contributed by atoms with E-state index in [1.807, 2.05) is 0 Å². The SMILES string of the molecule is CCCC1(CO)CC2CCC(CO)(C2)C1. The lowest BCUT2D eigenvalue weighted by Crippen LogP contribution is -2.40. The van der Waals surface area contributed by atoms with Crippen LogP contribution in [0.3, 0.4) is 0 Å². The lowest BCUT2D eigenvalue weighted by Gasteiger charge is -2.45.